The molecule has 0 fully saturated rings. The van der Waals surface area contributed by atoms with Crippen LogP contribution in [0.4, 0.5) is 0 Å². The summed E-state index contributed by atoms with van der Waals surface area (Å²) < 4.78 is 19.3. The molecule has 0 saturated carbocycles. The summed E-state index contributed by atoms with van der Waals surface area (Å²) in [6.07, 6.45) is 3.38. The van der Waals surface area contributed by atoms with E-state index in [1.54, 1.807) is 30.1 Å². The maximum Gasteiger partial charge on any atom is 0.277 e. The molecule has 9 nitrogen and oxygen atoms in total. The minimum Gasteiger partial charge on any atom is -0.497 e. The Labute approximate surface area is 188 Å². The molecule has 0 spiro atoms. The third-order valence-corrected chi connectivity index (χ3v) is 5.15. The molecule has 9 heteroatoms. The lowest BCUT2D eigenvalue weighted by Gasteiger charge is -2.03. The Morgan fingerprint density at radius 1 is 1.00 bits per heavy atom. The highest BCUT2D eigenvalue weighted by molar-refractivity contribution is 5.66. The fraction of sp³-hybridized carbons (Fsp3) is 0.167. The minimum atomic E-state index is -0.211. The van der Waals surface area contributed by atoms with Crippen molar-refractivity contribution < 1.29 is 14.0 Å². The van der Waals surface area contributed by atoms with Gasteiger partial charge >= 0.3 is 0 Å². The predicted molar refractivity (Wildman–Crippen MR) is 121 cm³/mol. The lowest BCUT2D eigenvalue weighted by atomic mass is 10.1. The van der Waals surface area contributed by atoms with Gasteiger partial charge in [-0.3, -0.25) is 4.79 Å². The van der Waals surface area contributed by atoms with Gasteiger partial charge in [0.05, 0.1) is 19.4 Å². The molecule has 0 bridgehead atoms. The number of methoxy groups -OCH3 is 1. The number of hydrogen-bond acceptors (Lipinski definition) is 7. The summed E-state index contributed by atoms with van der Waals surface area (Å²) in [5.74, 6) is 2.22. The largest absolute Gasteiger partial charge is 0.497 e. The van der Waals surface area contributed by atoms with Gasteiger partial charge in [0, 0.05) is 23.5 Å². The fourth-order valence-electron chi connectivity index (χ4n) is 3.55. The lowest BCUT2D eigenvalue weighted by molar-refractivity contribution is 0.340. The van der Waals surface area contributed by atoms with Crippen LogP contribution < -0.4 is 15.0 Å². The smallest absolute Gasteiger partial charge is 0.277 e. The van der Waals surface area contributed by atoms with E-state index >= 15 is 0 Å². The maximum atomic E-state index is 13.1. The van der Waals surface area contributed by atoms with Crippen molar-refractivity contribution in [1.29, 1.82) is 0 Å². The summed E-state index contributed by atoms with van der Waals surface area (Å²) in [4.78, 5) is 17.5. The molecule has 0 radical (unpaired) electrons. The van der Waals surface area contributed by atoms with Gasteiger partial charge in [0.15, 0.2) is 0 Å². The number of nitrogens with zero attached hydrogens (tertiary/aromatic N) is 5. The molecule has 3 aromatic heterocycles. The second-order valence-electron chi connectivity index (χ2n) is 7.30. The van der Waals surface area contributed by atoms with Crippen LogP contribution >= 0.6 is 0 Å². The summed E-state index contributed by atoms with van der Waals surface area (Å²) in [6, 6.07) is 16.8. The number of hydrogen-bond donors (Lipinski definition) is 0. The number of rotatable bonds is 7. The molecule has 0 saturated heterocycles. The first-order valence-electron chi connectivity index (χ1n) is 10.4. The van der Waals surface area contributed by atoms with Crippen molar-refractivity contribution in [2.45, 2.75) is 13.5 Å². The molecule has 5 aromatic rings. The van der Waals surface area contributed by atoms with Gasteiger partial charge in [-0.2, -0.15) is 10.1 Å². The zero-order valence-corrected chi connectivity index (χ0v) is 18.1. The van der Waals surface area contributed by atoms with Crippen molar-refractivity contribution in [2.75, 3.05) is 13.7 Å². The van der Waals surface area contributed by atoms with Crippen LogP contribution in [-0.2, 0) is 6.54 Å². The van der Waals surface area contributed by atoms with Crippen LogP contribution in [0.3, 0.4) is 0 Å². The van der Waals surface area contributed by atoms with Crippen molar-refractivity contribution >= 4 is 5.52 Å². The number of benzene rings is 2. The van der Waals surface area contributed by atoms with Gasteiger partial charge in [-0.1, -0.05) is 29.4 Å². The van der Waals surface area contributed by atoms with E-state index in [4.69, 9.17) is 14.0 Å². The molecule has 0 unspecified atom stereocenters. The molecule has 0 N–H and O–H groups in total. The first-order chi connectivity index (χ1) is 16.1. The number of aromatic nitrogens is 5. The van der Waals surface area contributed by atoms with Crippen LogP contribution in [0.1, 0.15) is 12.8 Å². The van der Waals surface area contributed by atoms with E-state index < -0.39 is 0 Å². The highest BCUT2D eigenvalue weighted by atomic mass is 16.5. The Bertz CT molecular complexity index is 1480. The monoisotopic (exact) mass is 443 g/mol. The summed E-state index contributed by atoms with van der Waals surface area (Å²) >= 11 is 0. The molecule has 2 aromatic carbocycles. The first-order valence-corrected chi connectivity index (χ1v) is 10.4. The molecule has 3 heterocycles. The van der Waals surface area contributed by atoms with E-state index in [9.17, 15) is 4.79 Å². The SMILES string of the molecule is CCOc1cccc(-c2noc(Cn3ccn4nc(-c5cccc(OC)c5)cc4c3=O)n2)c1. The maximum absolute atomic E-state index is 13.1. The molecule has 166 valence electrons. The lowest BCUT2D eigenvalue weighted by Crippen LogP contribution is -2.21. The molecule has 0 aliphatic heterocycles. The van der Waals surface area contributed by atoms with Crippen LogP contribution in [0.25, 0.3) is 28.2 Å². The normalized spacial score (nSPS) is 11.1. The zero-order chi connectivity index (χ0) is 22.8. The minimum absolute atomic E-state index is 0.146. The number of ether oxygens (including phenoxy) is 2. The van der Waals surface area contributed by atoms with E-state index in [1.807, 2.05) is 55.5 Å². The Balaban J connectivity index is 1.42. The van der Waals surface area contributed by atoms with Crippen LogP contribution in [0.2, 0.25) is 0 Å². The van der Waals surface area contributed by atoms with Gasteiger partial charge in [-0.05, 0) is 37.3 Å². The predicted octanol–water partition coefficient (Wildman–Crippen LogP) is 3.67. The van der Waals surface area contributed by atoms with Crippen molar-refractivity contribution in [1.82, 2.24) is 24.3 Å². The van der Waals surface area contributed by atoms with Gasteiger partial charge in [0.1, 0.15) is 23.6 Å². The Hall–Kier alpha value is -4.40. The molecule has 0 aliphatic rings. The van der Waals surface area contributed by atoms with Crippen molar-refractivity contribution in [2.24, 2.45) is 0 Å². The van der Waals surface area contributed by atoms with Crippen molar-refractivity contribution in [3.63, 3.8) is 0 Å². The summed E-state index contributed by atoms with van der Waals surface area (Å²) in [5.41, 5.74) is 2.55. The second-order valence-corrected chi connectivity index (χ2v) is 7.30. The molecule has 0 aliphatic carbocycles. The van der Waals surface area contributed by atoms with Gasteiger partial charge in [0.2, 0.25) is 11.7 Å². The van der Waals surface area contributed by atoms with E-state index in [0.717, 1.165) is 22.6 Å². The third kappa shape index (κ3) is 4.08. The molecular weight excluding hydrogens is 422 g/mol. The highest BCUT2D eigenvalue weighted by Crippen LogP contribution is 2.24. The van der Waals surface area contributed by atoms with E-state index in [-0.39, 0.29) is 12.1 Å². The molecule has 33 heavy (non-hydrogen) atoms. The van der Waals surface area contributed by atoms with Gasteiger partial charge in [-0.25, -0.2) is 4.52 Å². The Kier molecular flexibility index (Phi) is 5.35. The average molecular weight is 443 g/mol. The summed E-state index contributed by atoms with van der Waals surface area (Å²) in [7, 11) is 1.61. The van der Waals surface area contributed by atoms with Gasteiger partial charge in [-0.15, -0.1) is 0 Å². The third-order valence-electron chi connectivity index (χ3n) is 5.15. The Morgan fingerprint density at radius 2 is 1.79 bits per heavy atom. The second kappa shape index (κ2) is 8.62. The van der Waals surface area contributed by atoms with Crippen LogP contribution in [0.15, 0.2) is 76.3 Å². The summed E-state index contributed by atoms with van der Waals surface area (Å²) in [6.45, 7) is 2.64. The fourth-order valence-corrected chi connectivity index (χ4v) is 3.55. The van der Waals surface area contributed by atoms with E-state index in [2.05, 4.69) is 15.2 Å². The van der Waals surface area contributed by atoms with Crippen LogP contribution in [0, 0.1) is 0 Å². The molecule has 5 rings (SSSR count). The van der Waals surface area contributed by atoms with E-state index in [1.165, 1.54) is 4.57 Å². The standard InChI is InChI=1S/C24H21N5O4/c1-3-32-19-9-5-7-17(13-19)23-25-22(33-27-23)15-28-10-11-29-21(24(28)30)14-20(26-29)16-6-4-8-18(12-16)31-2/h4-14H,3,15H2,1-2H3. The Morgan fingerprint density at radius 3 is 2.61 bits per heavy atom. The van der Waals surface area contributed by atoms with Crippen LogP contribution in [-0.4, -0.2) is 38.0 Å². The van der Waals surface area contributed by atoms with Gasteiger partial charge < -0.3 is 18.6 Å². The first kappa shape index (κ1) is 20.5. The summed E-state index contributed by atoms with van der Waals surface area (Å²) in [5, 5.41) is 8.57. The average Bonchev–Trinajstić information content (AvgIpc) is 3.49. The topological polar surface area (TPSA) is 96.7 Å². The number of fused-ring (bicyclic) bond motifs is 1. The quantitative estimate of drug-likeness (QED) is 0.379. The van der Waals surface area contributed by atoms with Crippen molar-refractivity contribution in [3.05, 3.63) is 83.2 Å². The highest BCUT2D eigenvalue weighted by Gasteiger charge is 2.14. The molecule has 0 amide bonds. The van der Waals surface area contributed by atoms with Gasteiger partial charge in [0.25, 0.3) is 5.56 Å². The van der Waals surface area contributed by atoms with Crippen molar-refractivity contribution in [3.8, 4) is 34.1 Å². The zero-order valence-electron chi connectivity index (χ0n) is 18.1. The van der Waals surface area contributed by atoms with E-state index in [0.29, 0.717) is 29.5 Å². The molecule has 0 atom stereocenters. The van der Waals surface area contributed by atoms with Crippen LogP contribution in [0.5, 0.6) is 11.5 Å². The molecular formula is C24H21N5O4.